The van der Waals surface area contributed by atoms with E-state index in [-0.39, 0.29) is 0 Å². The second-order valence-electron chi connectivity index (χ2n) is 4.47. The Balaban J connectivity index is 1.80. The Morgan fingerprint density at radius 3 is 2.63 bits per heavy atom. The molecule has 0 bridgehead atoms. The number of rotatable bonds is 6. The van der Waals surface area contributed by atoms with Gasteiger partial charge < -0.3 is 15.8 Å². The summed E-state index contributed by atoms with van der Waals surface area (Å²) in [6.45, 7) is 0.933. The Morgan fingerprint density at radius 1 is 1.11 bits per heavy atom. The highest BCUT2D eigenvalue weighted by Crippen LogP contribution is 2.24. The molecule has 0 spiro atoms. The Hall–Kier alpha value is -2.16. The molecule has 0 radical (unpaired) electrons. The van der Waals surface area contributed by atoms with Crippen LogP contribution < -0.4 is 15.8 Å². The van der Waals surface area contributed by atoms with E-state index in [2.05, 4.69) is 29.6 Å². The molecule has 0 heterocycles. The Bertz CT molecular complexity index is 511. The number of anilines is 2. The third-order valence-corrected chi connectivity index (χ3v) is 3.05. The van der Waals surface area contributed by atoms with Crippen molar-refractivity contribution in [2.75, 3.05) is 24.7 Å². The van der Waals surface area contributed by atoms with Crippen molar-refractivity contribution >= 4 is 11.4 Å². The lowest BCUT2D eigenvalue weighted by Crippen LogP contribution is -2.03. The van der Waals surface area contributed by atoms with E-state index in [1.54, 1.807) is 7.11 Å². The Labute approximate surface area is 114 Å². The summed E-state index contributed by atoms with van der Waals surface area (Å²) in [6, 6.07) is 16.3. The second-order valence-corrected chi connectivity index (χ2v) is 4.47. The quantitative estimate of drug-likeness (QED) is 0.615. The van der Waals surface area contributed by atoms with Crippen LogP contribution in [0.2, 0.25) is 0 Å². The van der Waals surface area contributed by atoms with Crippen LogP contribution in [0.25, 0.3) is 0 Å². The molecule has 0 aliphatic carbocycles. The van der Waals surface area contributed by atoms with Gasteiger partial charge in [0.1, 0.15) is 5.75 Å². The monoisotopic (exact) mass is 256 g/mol. The molecule has 0 aliphatic rings. The molecule has 2 aromatic carbocycles. The summed E-state index contributed by atoms with van der Waals surface area (Å²) >= 11 is 0. The van der Waals surface area contributed by atoms with Gasteiger partial charge in [-0.2, -0.15) is 0 Å². The number of hydrogen-bond acceptors (Lipinski definition) is 3. The number of methoxy groups -OCH3 is 1. The van der Waals surface area contributed by atoms with Crippen LogP contribution in [0.5, 0.6) is 5.75 Å². The Kier molecular flexibility index (Phi) is 4.67. The maximum atomic E-state index is 5.78. The molecule has 0 fully saturated rings. The Morgan fingerprint density at radius 2 is 1.89 bits per heavy atom. The van der Waals surface area contributed by atoms with Gasteiger partial charge in [0.25, 0.3) is 0 Å². The van der Waals surface area contributed by atoms with Gasteiger partial charge in [-0.05, 0) is 30.5 Å². The van der Waals surface area contributed by atoms with Crippen molar-refractivity contribution in [3.8, 4) is 5.75 Å². The van der Waals surface area contributed by atoms with Crippen LogP contribution in [0.3, 0.4) is 0 Å². The van der Waals surface area contributed by atoms with E-state index >= 15 is 0 Å². The van der Waals surface area contributed by atoms with E-state index in [1.807, 2.05) is 24.3 Å². The summed E-state index contributed by atoms with van der Waals surface area (Å²) in [5.41, 5.74) is 8.86. The largest absolute Gasteiger partial charge is 0.495 e. The average Bonchev–Trinajstić information content (AvgIpc) is 2.46. The molecule has 3 nitrogen and oxygen atoms in total. The summed E-state index contributed by atoms with van der Waals surface area (Å²) in [5.74, 6) is 0.716. The second kappa shape index (κ2) is 6.69. The first-order valence-corrected chi connectivity index (χ1v) is 6.51. The molecule has 0 saturated carbocycles. The third kappa shape index (κ3) is 3.91. The van der Waals surface area contributed by atoms with Crippen LogP contribution in [0.4, 0.5) is 11.4 Å². The normalized spacial score (nSPS) is 10.2. The van der Waals surface area contributed by atoms with Gasteiger partial charge in [0.15, 0.2) is 0 Å². The first kappa shape index (κ1) is 13.3. The lowest BCUT2D eigenvalue weighted by atomic mass is 10.1. The molecular weight excluding hydrogens is 236 g/mol. The van der Waals surface area contributed by atoms with E-state index in [4.69, 9.17) is 10.5 Å². The fourth-order valence-corrected chi connectivity index (χ4v) is 1.99. The molecule has 0 unspecified atom stereocenters. The van der Waals surface area contributed by atoms with Crippen molar-refractivity contribution in [2.24, 2.45) is 0 Å². The van der Waals surface area contributed by atoms with E-state index in [0.29, 0.717) is 11.4 Å². The lowest BCUT2D eigenvalue weighted by Gasteiger charge is -2.10. The average molecular weight is 256 g/mol. The highest BCUT2D eigenvalue weighted by atomic mass is 16.5. The molecule has 0 amide bonds. The number of nitrogen functional groups attached to an aromatic ring is 1. The van der Waals surface area contributed by atoms with Crippen molar-refractivity contribution in [3.05, 3.63) is 54.1 Å². The highest BCUT2D eigenvalue weighted by Gasteiger charge is 2.00. The number of benzene rings is 2. The maximum Gasteiger partial charge on any atom is 0.143 e. The van der Waals surface area contributed by atoms with Crippen LogP contribution in [0.1, 0.15) is 12.0 Å². The zero-order valence-electron chi connectivity index (χ0n) is 11.2. The van der Waals surface area contributed by atoms with Crippen molar-refractivity contribution < 1.29 is 4.74 Å². The van der Waals surface area contributed by atoms with Crippen LogP contribution in [0, 0.1) is 0 Å². The van der Waals surface area contributed by atoms with Crippen LogP contribution in [-0.2, 0) is 6.42 Å². The minimum atomic E-state index is 0.664. The molecule has 2 aromatic rings. The van der Waals surface area contributed by atoms with Crippen molar-refractivity contribution in [2.45, 2.75) is 12.8 Å². The predicted octanol–water partition coefficient (Wildman–Crippen LogP) is 3.32. The van der Waals surface area contributed by atoms with Crippen molar-refractivity contribution in [1.82, 2.24) is 0 Å². The van der Waals surface area contributed by atoms with Gasteiger partial charge in [0, 0.05) is 18.3 Å². The number of ether oxygens (including phenoxy) is 1. The van der Waals surface area contributed by atoms with Gasteiger partial charge in [-0.15, -0.1) is 0 Å². The summed E-state index contributed by atoms with van der Waals surface area (Å²) in [4.78, 5) is 0. The zero-order chi connectivity index (χ0) is 13.5. The highest BCUT2D eigenvalue weighted by molar-refractivity contribution is 5.61. The number of aryl methyl sites for hydroxylation is 1. The van der Waals surface area contributed by atoms with Gasteiger partial charge in [0.2, 0.25) is 0 Å². The summed E-state index contributed by atoms with van der Waals surface area (Å²) < 4.78 is 5.20. The van der Waals surface area contributed by atoms with E-state index in [1.165, 1.54) is 5.56 Å². The fourth-order valence-electron chi connectivity index (χ4n) is 1.99. The first-order chi connectivity index (χ1) is 9.29. The van der Waals surface area contributed by atoms with Gasteiger partial charge in [0.05, 0.1) is 12.8 Å². The van der Waals surface area contributed by atoms with Crippen molar-refractivity contribution in [1.29, 1.82) is 0 Å². The number of hydrogen-bond donors (Lipinski definition) is 2. The molecular formula is C16H20N2O. The summed E-state index contributed by atoms with van der Waals surface area (Å²) in [6.07, 6.45) is 2.18. The first-order valence-electron chi connectivity index (χ1n) is 6.51. The SMILES string of the molecule is COc1cc(NCCCc2ccccc2)ccc1N. The van der Waals surface area contributed by atoms with Crippen LogP contribution in [-0.4, -0.2) is 13.7 Å². The standard InChI is InChI=1S/C16H20N2O/c1-19-16-12-14(9-10-15(16)17)18-11-5-8-13-6-3-2-4-7-13/h2-4,6-7,9-10,12,18H,5,8,11,17H2,1H3. The van der Waals surface area contributed by atoms with Gasteiger partial charge >= 0.3 is 0 Å². The minimum absolute atomic E-state index is 0.664. The van der Waals surface area contributed by atoms with E-state index in [9.17, 15) is 0 Å². The minimum Gasteiger partial charge on any atom is -0.495 e. The molecule has 0 atom stereocenters. The van der Waals surface area contributed by atoms with E-state index in [0.717, 1.165) is 25.1 Å². The molecule has 3 heteroatoms. The summed E-state index contributed by atoms with van der Waals surface area (Å²) in [7, 11) is 1.63. The summed E-state index contributed by atoms with van der Waals surface area (Å²) in [5, 5.41) is 3.38. The topological polar surface area (TPSA) is 47.3 Å². The molecule has 0 aromatic heterocycles. The predicted molar refractivity (Wildman–Crippen MR) is 80.7 cm³/mol. The van der Waals surface area contributed by atoms with Crippen LogP contribution >= 0.6 is 0 Å². The third-order valence-electron chi connectivity index (χ3n) is 3.05. The molecule has 0 aliphatic heterocycles. The molecule has 19 heavy (non-hydrogen) atoms. The maximum absolute atomic E-state index is 5.78. The number of nitrogens with one attached hydrogen (secondary N) is 1. The smallest absolute Gasteiger partial charge is 0.143 e. The van der Waals surface area contributed by atoms with Crippen molar-refractivity contribution in [3.63, 3.8) is 0 Å². The molecule has 3 N–H and O–H groups in total. The molecule has 100 valence electrons. The van der Waals surface area contributed by atoms with Gasteiger partial charge in [-0.3, -0.25) is 0 Å². The van der Waals surface area contributed by atoms with Crippen LogP contribution in [0.15, 0.2) is 48.5 Å². The number of nitrogens with two attached hydrogens (primary N) is 1. The van der Waals surface area contributed by atoms with Gasteiger partial charge in [-0.1, -0.05) is 30.3 Å². The van der Waals surface area contributed by atoms with Gasteiger partial charge in [-0.25, -0.2) is 0 Å². The molecule has 0 saturated heterocycles. The lowest BCUT2D eigenvalue weighted by molar-refractivity contribution is 0.417. The fraction of sp³-hybridized carbons (Fsp3) is 0.250. The van der Waals surface area contributed by atoms with E-state index < -0.39 is 0 Å². The molecule has 2 rings (SSSR count). The zero-order valence-corrected chi connectivity index (χ0v) is 11.2.